The molecule has 0 atom stereocenters. The second-order valence-corrected chi connectivity index (χ2v) is 5.83. The van der Waals surface area contributed by atoms with Crippen molar-refractivity contribution in [3.05, 3.63) is 59.2 Å². The molecule has 0 amide bonds. The first kappa shape index (κ1) is 17.0. The van der Waals surface area contributed by atoms with E-state index in [1.807, 2.05) is 49.4 Å². The Balaban J connectivity index is 1.92. The molecule has 5 nitrogen and oxygen atoms in total. The van der Waals surface area contributed by atoms with Crippen molar-refractivity contribution in [2.45, 2.75) is 6.92 Å². The van der Waals surface area contributed by atoms with Crippen molar-refractivity contribution < 1.29 is 9.47 Å². The normalized spacial score (nSPS) is 11.4. The van der Waals surface area contributed by atoms with Crippen molar-refractivity contribution in [2.75, 3.05) is 19.6 Å². The SMILES string of the molecule is COc1ccc(/C(C)=N\Nc2ccnc3cc(Cl)ccc23)c(OC)c1. The van der Waals surface area contributed by atoms with Crippen molar-refractivity contribution >= 4 is 33.9 Å². The van der Waals surface area contributed by atoms with Crippen LogP contribution in [-0.2, 0) is 0 Å². The largest absolute Gasteiger partial charge is 0.497 e. The van der Waals surface area contributed by atoms with Crippen LogP contribution < -0.4 is 14.9 Å². The Hall–Kier alpha value is -2.79. The number of nitrogens with one attached hydrogen (secondary N) is 1. The van der Waals surface area contributed by atoms with Gasteiger partial charge in [-0.3, -0.25) is 10.4 Å². The molecular weight excluding hydrogens is 338 g/mol. The summed E-state index contributed by atoms with van der Waals surface area (Å²) >= 11 is 6.02. The number of benzene rings is 2. The van der Waals surface area contributed by atoms with Gasteiger partial charge in [0.1, 0.15) is 11.5 Å². The van der Waals surface area contributed by atoms with Crippen LogP contribution in [0.5, 0.6) is 11.5 Å². The maximum atomic E-state index is 6.02. The van der Waals surface area contributed by atoms with Crippen molar-refractivity contribution in [3.8, 4) is 11.5 Å². The first-order valence-corrected chi connectivity index (χ1v) is 8.07. The van der Waals surface area contributed by atoms with Gasteiger partial charge in [-0.2, -0.15) is 5.10 Å². The average Bonchev–Trinajstić information content (AvgIpc) is 2.65. The van der Waals surface area contributed by atoms with E-state index < -0.39 is 0 Å². The fraction of sp³-hybridized carbons (Fsp3) is 0.158. The Kier molecular flexibility index (Phi) is 5.05. The molecule has 0 bridgehead atoms. The molecule has 0 aliphatic rings. The molecule has 0 unspecified atom stereocenters. The molecule has 2 aromatic carbocycles. The molecule has 0 spiro atoms. The molecule has 0 radical (unpaired) electrons. The predicted octanol–water partition coefficient (Wildman–Crippen LogP) is 4.74. The molecule has 0 aliphatic carbocycles. The van der Waals surface area contributed by atoms with E-state index in [1.165, 1.54) is 0 Å². The van der Waals surface area contributed by atoms with E-state index >= 15 is 0 Å². The third-order valence-electron chi connectivity index (χ3n) is 3.85. The van der Waals surface area contributed by atoms with Gasteiger partial charge in [0.2, 0.25) is 0 Å². The molecule has 3 rings (SSSR count). The fourth-order valence-electron chi connectivity index (χ4n) is 2.52. The highest BCUT2D eigenvalue weighted by atomic mass is 35.5. The van der Waals surface area contributed by atoms with Crippen LogP contribution in [0.1, 0.15) is 12.5 Å². The minimum absolute atomic E-state index is 0.653. The molecule has 1 aromatic heterocycles. The van der Waals surface area contributed by atoms with E-state index in [-0.39, 0.29) is 0 Å². The summed E-state index contributed by atoms with van der Waals surface area (Å²) in [5, 5.41) is 6.09. The Morgan fingerprint density at radius 3 is 2.68 bits per heavy atom. The second-order valence-electron chi connectivity index (χ2n) is 5.40. The highest BCUT2D eigenvalue weighted by Gasteiger charge is 2.08. The van der Waals surface area contributed by atoms with Crippen LogP contribution in [0.25, 0.3) is 10.9 Å². The molecule has 25 heavy (non-hydrogen) atoms. The van der Waals surface area contributed by atoms with Crippen LogP contribution >= 0.6 is 11.6 Å². The van der Waals surface area contributed by atoms with Crippen molar-refractivity contribution in [1.82, 2.24) is 4.98 Å². The lowest BCUT2D eigenvalue weighted by Crippen LogP contribution is -2.03. The number of pyridine rings is 1. The highest BCUT2D eigenvalue weighted by molar-refractivity contribution is 6.31. The topological polar surface area (TPSA) is 55.7 Å². The molecule has 0 saturated carbocycles. The van der Waals surface area contributed by atoms with E-state index in [4.69, 9.17) is 21.1 Å². The number of methoxy groups -OCH3 is 2. The quantitative estimate of drug-likeness (QED) is 0.530. The summed E-state index contributed by atoms with van der Waals surface area (Å²) < 4.78 is 10.7. The standard InChI is InChI=1S/C19H18ClN3O2/c1-12(15-7-5-14(24-2)11-19(15)25-3)22-23-17-8-9-21-18-10-13(20)4-6-16(17)18/h4-11H,1-3H3,(H,21,23)/b22-12-. The summed E-state index contributed by atoms with van der Waals surface area (Å²) in [7, 11) is 3.25. The van der Waals surface area contributed by atoms with Gasteiger partial charge in [-0.05, 0) is 43.3 Å². The van der Waals surface area contributed by atoms with E-state index in [2.05, 4.69) is 15.5 Å². The molecule has 128 valence electrons. The highest BCUT2D eigenvalue weighted by Crippen LogP contribution is 2.27. The third-order valence-corrected chi connectivity index (χ3v) is 4.08. The number of hydrogen-bond acceptors (Lipinski definition) is 5. The lowest BCUT2D eigenvalue weighted by Gasteiger charge is -2.11. The van der Waals surface area contributed by atoms with Gasteiger partial charge in [-0.15, -0.1) is 0 Å². The molecule has 1 N–H and O–H groups in total. The van der Waals surface area contributed by atoms with Crippen LogP contribution in [0.2, 0.25) is 5.02 Å². The van der Waals surface area contributed by atoms with Gasteiger partial charge in [-0.25, -0.2) is 0 Å². The van der Waals surface area contributed by atoms with Crippen LogP contribution in [-0.4, -0.2) is 24.9 Å². The number of nitrogens with zero attached hydrogens (tertiary/aromatic N) is 2. The molecule has 3 aromatic rings. The van der Waals surface area contributed by atoms with Gasteiger partial charge in [0.25, 0.3) is 0 Å². The van der Waals surface area contributed by atoms with E-state index in [9.17, 15) is 0 Å². The maximum Gasteiger partial charge on any atom is 0.131 e. The average molecular weight is 356 g/mol. The summed E-state index contributed by atoms with van der Waals surface area (Å²) in [5.74, 6) is 1.44. The molecule has 1 heterocycles. The van der Waals surface area contributed by atoms with Gasteiger partial charge >= 0.3 is 0 Å². The molecular formula is C19H18ClN3O2. The molecule has 0 aliphatic heterocycles. The van der Waals surface area contributed by atoms with Crippen molar-refractivity contribution in [2.24, 2.45) is 5.10 Å². The molecule has 0 fully saturated rings. The summed E-state index contributed by atoms with van der Waals surface area (Å²) in [6, 6.07) is 13.1. The van der Waals surface area contributed by atoms with Crippen LogP contribution in [0, 0.1) is 0 Å². The number of fused-ring (bicyclic) bond motifs is 1. The summed E-state index contributed by atoms with van der Waals surface area (Å²) in [4.78, 5) is 4.33. The predicted molar refractivity (Wildman–Crippen MR) is 102 cm³/mol. The van der Waals surface area contributed by atoms with Crippen molar-refractivity contribution in [3.63, 3.8) is 0 Å². The minimum atomic E-state index is 0.653. The zero-order valence-corrected chi connectivity index (χ0v) is 15.0. The lowest BCUT2D eigenvalue weighted by atomic mass is 10.1. The second kappa shape index (κ2) is 7.40. The van der Waals surface area contributed by atoms with E-state index in [0.717, 1.165) is 33.6 Å². The monoisotopic (exact) mass is 355 g/mol. The number of anilines is 1. The zero-order valence-electron chi connectivity index (χ0n) is 14.2. The number of rotatable bonds is 5. The number of hydrogen-bond donors (Lipinski definition) is 1. The summed E-state index contributed by atoms with van der Waals surface area (Å²) in [6.07, 6.45) is 1.72. The summed E-state index contributed by atoms with van der Waals surface area (Å²) in [6.45, 7) is 1.91. The van der Waals surface area contributed by atoms with Gasteiger partial charge in [0.15, 0.2) is 0 Å². The Labute approximate surface area is 151 Å². The van der Waals surface area contributed by atoms with Gasteiger partial charge in [0, 0.05) is 28.2 Å². The fourth-order valence-corrected chi connectivity index (χ4v) is 2.69. The van der Waals surface area contributed by atoms with E-state index in [0.29, 0.717) is 10.8 Å². The molecule has 0 saturated heterocycles. The number of hydrazone groups is 1. The Bertz CT molecular complexity index is 941. The lowest BCUT2D eigenvalue weighted by molar-refractivity contribution is 0.394. The van der Waals surface area contributed by atoms with Crippen molar-refractivity contribution in [1.29, 1.82) is 0 Å². The van der Waals surface area contributed by atoms with Gasteiger partial charge < -0.3 is 9.47 Å². The smallest absolute Gasteiger partial charge is 0.131 e. The first-order chi connectivity index (χ1) is 12.1. The number of aromatic nitrogens is 1. The number of ether oxygens (including phenoxy) is 2. The van der Waals surface area contributed by atoms with Gasteiger partial charge in [0.05, 0.1) is 31.1 Å². The maximum absolute atomic E-state index is 6.02. The van der Waals surface area contributed by atoms with Gasteiger partial charge in [-0.1, -0.05) is 11.6 Å². The first-order valence-electron chi connectivity index (χ1n) is 7.69. The Morgan fingerprint density at radius 2 is 1.92 bits per heavy atom. The number of halogens is 1. The van der Waals surface area contributed by atoms with Crippen LogP contribution in [0.4, 0.5) is 5.69 Å². The van der Waals surface area contributed by atoms with Crippen LogP contribution in [0.3, 0.4) is 0 Å². The van der Waals surface area contributed by atoms with Crippen LogP contribution in [0.15, 0.2) is 53.8 Å². The third kappa shape index (κ3) is 3.67. The minimum Gasteiger partial charge on any atom is -0.497 e. The van der Waals surface area contributed by atoms with E-state index in [1.54, 1.807) is 20.4 Å². The molecule has 6 heteroatoms. The zero-order chi connectivity index (χ0) is 17.8. The Morgan fingerprint density at radius 1 is 1.08 bits per heavy atom. The summed E-state index contributed by atoms with van der Waals surface area (Å²) in [5.41, 5.74) is 6.45.